The van der Waals surface area contributed by atoms with Crippen LogP contribution in [-0.2, 0) is 32.8 Å². The van der Waals surface area contributed by atoms with Crippen LogP contribution in [0.4, 0.5) is 0 Å². The Morgan fingerprint density at radius 3 is 2.07 bits per heavy atom. The first kappa shape index (κ1) is 45.7. The topological polar surface area (TPSA) is 125 Å². The molecular formula is C44H70O10Si. The Morgan fingerprint density at radius 1 is 0.945 bits per heavy atom. The summed E-state index contributed by atoms with van der Waals surface area (Å²) in [5.74, 6) is -2.11. The molecule has 2 saturated heterocycles. The van der Waals surface area contributed by atoms with Gasteiger partial charge in [0.1, 0.15) is 12.9 Å². The number of benzene rings is 2. The van der Waals surface area contributed by atoms with E-state index in [1.54, 1.807) is 20.3 Å². The van der Waals surface area contributed by atoms with Crippen LogP contribution in [0.2, 0.25) is 5.04 Å². The quantitative estimate of drug-likeness (QED) is 0.0691. The van der Waals surface area contributed by atoms with Gasteiger partial charge in [-0.3, -0.25) is 0 Å². The molecule has 2 heterocycles. The van der Waals surface area contributed by atoms with Crippen LogP contribution in [-0.4, -0.2) is 113 Å². The van der Waals surface area contributed by atoms with Gasteiger partial charge in [0, 0.05) is 56.8 Å². The molecule has 2 aliphatic heterocycles. The third-order valence-electron chi connectivity index (χ3n) is 12.4. The molecule has 0 unspecified atom stereocenters. The predicted octanol–water partition coefficient (Wildman–Crippen LogP) is 5.45. The Bertz CT molecular complexity index is 1400. The lowest BCUT2D eigenvalue weighted by Crippen LogP contribution is -2.66. The summed E-state index contributed by atoms with van der Waals surface area (Å²) in [6.07, 6.45) is -2.15. The van der Waals surface area contributed by atoms with E-state index < -0.39 is 68.2 Å². The Hall–Kier alpha value is -2.00. The van der Waals surface area contributed by atoms with Crippen molar-refractivity contribution in [2.45, 2.75) is 128 Å². The van der Waals surface area contributed by atoms with Crippen LogP contribution in [0.3, 0.4) is 0 Å². The first-order valence-corrected chi connectivity index (χ1v) is 21.9. The predicted molar refractivity (Wildman–Crippen MR) is 218 cm³/mol. The van der Waals surface area contributed by atoms with E-state index in [4.69, 9.17) is 32.8 Å². The molecule has 11 heteroatoms. The summed E-state index contributed by atoms with van der Waals surface area (Å²) in [7, 11) is 0.393. The number of aliphatic hydroxyl groups excluding tert-OH is 3. The molecule has 2 aromatic rings. The normalized spacial score (nSPS) is 28.4. The molecular weight excluding hydrogens is 717 g/mol. The van der Waals surface area contributed by atoms with Gasteiger partial charge in [-0.05, 0) is 21.8 Å². The lowest BCUT2D eigenvalue weighted by atomic mass is 9.72. The molecule has 11 atom stereocenters. The maximum absolute atomic E-state index is 11.8. The summed E-state index contributed by atoms with van der Waals surface area (Å²) < 4.78 is 44.9. The lowest BCUT2D eigenvalue weighted by Gasteiger charge is -2.50. The summed E-state index contributed by atoms with van der Waals surface area (Å²) >= 11 is 0. The Balaban J connectivity index is 1.64. The van der Waals surface area contributed by atoms with Gasteiger partial charge in [-0.2, -0.15) is 0 Å². The zero-order chi connectivity index (χ0) is 40.6. The van der Waals surface area contributed by atoms with Gasteiger partial charge in [-0.25, -0.2) is 0 Å². The maximum Gasteiger partial charge on any atom is 0.261 e. The lowest BCUT2D eigenvalue weighted by molar-refractivity contribution is -0.336. The van der Waals surface area contributed by atoms with Crippen molar-refractivity contribution < 1.29 is 48.2 Å². The van der Waals surface area contributed by atoms with Gasteiger partial charge >= 0.3 is 0 Å². The highest BCUT2D eigenvalue weighted by Gasteiger charge is 2.67. The average Bonchev–Trinajstić information content (AvgIpc) is 3.37. The van der Waals surface area contributed by atoms with Crippen molar-refractivity contribution in [2.24, 2.45) is 23.2 Å². The minimum Gasteiger partial charge on any atom is -0.407 e. The fourth-order valence-corrected chi connectivity index (χ4v) is 13.2. The summed E-state index contributed by atoms with van der Waals surface area (Å²) in [4.78, 5) is 0. The number of hydrogen-bond acceptors (Lipinski definition) is 10. The number of rotatable bonds is 20. The molecule has 0 bridgehead atoms. The Kier molecular flexibility index (Phi) is 16.3. The fraction of sp³-hybridized carbons (Fsp3) is 0.682. The minimum absolute atomic E-state index is 0.0208. The second-order valence-electron chi connectivity index (χ2n) is 17.3. The van der Waals surface area contributed by atoms with Gasteiger partial charge in [0.05, 0.1) is 49.8 Å². The van der Waals surface area contributed by atoms with Gasteiger partial charge in [0.25, 0.3) is 8.32 Å². The van der Waals surface area contributed by atoms with Gasteiger partial charge in [-0.1, -0.05) is 122 Å². The first-order chi connectivity index (χ1) is 26.0. The molecule has 2 aromatic carbocycles. The number of methoxy groups -OCH3 is 2. The van der Waals surface area contributed by atoms with Gasteiger partial charge in [-0.15, -0.1) is 6.58 Å². The molecule has 310 valence electrons. The molecule has 3 N–H and O–H groups in total. The number of hydrogen-bond donors (Lipinski definition) is 3. The zero-order valence-electron chi connectivity index (χ0n) is 35.0. The van der Waals surface area contributed by atoms with Crippen LogP contribution in [0, 0.1) is 23.2 Å². The monoisotopic (exact) mass is 786 g/mol. The van der Waals surface area contributed by atoms with Crippen LogP contribution in [0.5, 0.6) is 0 Å². The smallest absolute Gasteiger partial charge is 0.261 e. The van der Waals surface area contributed by atoms with Crippen LogP contribution in [0.25, 0.3) is 0 Å². The van der Waals surface area contributed by atoms with Crippen LogP contribution < -0.4 is 10.4 Å². The zero-order valence-corrected chi connectivity index (χ0v) is 36.0. The summed E-state index contributed by atoms with van der Waals surface area (Å²) in [5.41, 5.74) is -0.801. The highest BCUT2D eigenvalue weighted by molar-refractivity contribution is 6.99. The SMILES string of the molecule is C=C[C@@H](C)[C@@H](O)[C@@H](C)[C@@H](O)C[C@H](OC)[C@H]1O[C@]2(C[C@@H](O)[C@H](C)[C@H](CCO[Si](c3ccccc3)(c3ccccc3)C(C)(C)C)O2)C(C)(C)[C@H]1OCOCCOC. The van der Waals surface area contributed by atoms with Gasteiger partial charge in [0.2, 0.25) is 0 Å². The summed E-state index contributed by atoms with van der Waals surface area (Å²) in [5, 5.41) is 36.3. The van der Waals surface area contributed by atoms with E-state index in [9.17, 15) is 15.3 Å². The van der Waals surface area contributed by atoms with Gasteiger partial charge < -0.3 is 48.2 Å². The summed E-state index contributed by atoms with van der Waals surface area (Å²) in [6, 6.07) is 21.1. The molecule has 2 aliphatic rings. The van der Waals surface area contributed by atoms with E-state index in [1.807, 2.05) is 46.8 Å². The largest absolute Gasteiger partial charge is 0.407 e. The van der Waals surface area contributed by atoms with Gasteiger partial charge in [0.15, 0.2) is 5.79 Å². The molecule has 0 aromatic heterocycles. The van der Waals surface area contributed by atoms with Crippen molar-refractivity contribution in [2.75, 3.05) is 40.8 Å². The van der Waals surface area contributed by atoms with E-state index in [1.165, 1.54) is 10.4 Å². The second-order valence-corrected chi connectivity index (χ2v) is 21.6. The minimum atomic E-state index is -2.81. The molecule has 0 saturated carbocycles. The van der Waals surface area contributed by atoms with Crippen molar-refractivity contribution in [3.8, 4) is 0 Å². The van der Waals surface area contributed by atoms with Crippen molar-refractivity contribution in [3.05, 3.63) is 73.3 Å². The van der Waals surface area contributed by atoms with E-state index >= 15 is 0 Å². The molecule has 0 aliphatic carbocycles. The van der Waals surface area contributed by atoms with Crippen LogP contribution in [0.15, 0.2) is 73.3 Å². The Morgan fingerprint density at radius 2 is 1.55 bits per heavy atom. The molecule has 2 fully saturated rings. The third kappa shape index (κ3) is 9.83. The standard InChI is InChI=1S/C44H70O10Si/c1-12-30(2)39(47)32(4)35(45)27-38(49-11)40-41(51-29-50-26-25-48-10)43(8,9)44(54-40)28-36(46)31(3)37(53-44)23-24-52-55(42(5,6)7,33-19-15-13-16-20-33)34-21-17-14-18-22-34/h12-22,30-32,35-41,45-47H,1,23-29H2,2-11H3/t30-,31+,32+,35+,36-,37+,38+,39-,40-,41+,44-/m1/s1. The van der Waals surface area contributed by atoms with E-state index in [0.29, 0.717) is 26.2 Å². The van der Waals surface area contributed by atoms with Crippen molar-refractivity contribution in [1.82, 2.24) is 0 Å². The first-order valence-electron chi connectivity index (χ1n) is 20.0. The van der Waals surface area contributed by atoms with E-state index in [2.05, 4.69) is 75.9 Å². The number of ether oxygens (including phenoxy) is 6. The maximum atomic E-state index is 11.8. The molecule has 4 rings (SSSR count). The van der Waals surface area contributed by atoms with Crippen molar-refractivity contribution in [3.63, 3.8) is 0 Å². The molecule has 0 amide bonds. The molecule has 0 radical (unpaired) electrons. The number of aliphatic hydroxyl groups is 3. The molecule has 55 heavy (non-hydrogen) atoms. The highest BCUT2D eigenvalue weighted by atomic mass is 28.4. The average molecular weight is 787 g/mol. The second kappa shape index (κ2) is 19.6. The molecule has 10 nitrogen and oxygen atoms in total. The summed E-state index contributed by atoms with van der Waals surface area (Å²) in [6.45, 7) is 21.5. The van der Waals surface area contributed by atoms with Crippen molar-refractivity contribution in [1.29, 1.82) is 0 Å². The van der Waals surface area contributed by atoms with E-state index in [-0.39, 0.29) is 36.5 Å². The van der Waals surface area contributed by atoms with Crippen LogP contribution >= 0.6 is 0 Å². The fourth-order valence-electron chi connectivity index (χ4n) is 8.63. The van der Waals surface area contributed by atoms with Crippen molar-refractivity contribution >= 4 is 18.7 Å². The Labute approximate surface area is 331 Å². The van der Waals surface area contributed by atoms with Crippen LogP contribution in [0.1, 0.15) is 74.7 Å². The third-order valence-corrected chi connectivity index (χ3v) is 17.5. The molecule has 1 spiro atoms. The highest BCUT2D eigenvalue weighted by Crippen LogP contribution is 2.56. The van der Waals surface area contributed by atoms with E-state index in [0.717, 1.165) is 0 Å².